The van der Waals surface area contributed by atoms with E-state index in [1.165, 1.54) is 11.3 Å². The second kappa shape index (κ2) is 6.36. The van der Waals surface area contributed by atoms with Crippen molar-refractivity contribution in [2.75, 3.05) is 12.1 Å². The molecule has 5 rings (SSSR count). The third kappa shape index (κ3) is 2.73. The molecule has 0 saturated carbocycles. The number of nitrogens with one attached hydrogen (secondary N) is 2. The molecule has 2 aliphatic rings. The number of carbonyl (C=O) groups is 1. The van der Waals surface area contributed by atoms with E-state index in [0.717, 1.165) is 15.7 Å². The summed E-state index contributed by atoms with van der Waals surface area (Å²) in [6, 6.07) is 13.5. The highest BCUT2D eigenvalue weighted by molar-refractivity contribution is 9.10. The van der Waals surface area contributed by atoms with Crippen LogP contribution in [-0.4, -0.2) is 17.3 Å². The number of ether oxygens (including phenoxy) is 2. The van der Waals surface area contributed by atoms with E-state index >= 15 is 0 Å². The molecule has 1 atom stereocenters. The second-order valence-electron chi connectivity index (χ2n) is 5.99. The van der Waals surface area contributed by atoms with Gasteiger partial charge in [-0.05, 0) is 36.5 Å². The predicted molar refractivity (Wildman–Crippen MR) is 109 cm³/mol. The van der Waals surface area contributed by atoms with E-state index in [-0.39, 0.29) is 12.7 Å². The minimum Gasteiger partial charge on any atom is -0.454 e. The Morgan fingerprint density at radius 3 is 2.67 bits per heavy atom. The third-order valence-electron chi connectivity index (χ3n) is 4.39. The molecule has 0 fully saturated rings. The Morgan fingerprint density at radius 2 is 1.89 bits per heavy atom. The molecule has 3 heterocycles. The summed E-state index contributed by atoms with van der Waals surface area (Å²) in [7, 11) is 0. The molecule has 0 spiro atoms. The number of carbonyl (C=O) groups excluding carboxylic acids is 1. The number of halogens is 1. The Hall–Kier alpha value is -2.36. The molecule has 1 aromatic heterocycles. The lowest BCUT2D eigenvalue weighted by molar-refractivity contribution is 0.0939. The van der Waals surface area contributed by atoms with Crippen LogP contribution in [-0.2, 0) is 0 Å². The maximum absolute atomic E-state index is 12.7. The van der Waals surface area contributed by atoms with Crippen LogP contribution >= 0.6 is 39.5 Å². The molecular formula is C18H12BrN3O3S2. The van der Waals surface area contributed by atoms with E-state index in [0.29, 0.717) is 26.1 Å². The van der Waals surface area contributed by atoms with Gasteiger partial charge in [0.25, 0.3) is 5.91 Å². The number of rotatable bonds is 2. The van der Waals surface area contributed by atoms with Crippen LogP contribution in [0.2, 0.25) is 0 Å². The zero-order chi connectivity index (χ0) is 18.5. The largest absolute Gasteiger partial charge is 0.454 e. The zero-order valence-electron chi connectivity index (χ0n) is 13.7. The van der Waals surface area contributed by atoms with E-state index in [1.54, 1.807) is 0 Å². The molecule has 2 aromatic carbocycles. The van der Waals surface area contributed by atoms with Gasteiger partial charge in [-0.15, -0.1) is 0 Å². The number of hydrogen-bond donors (Lipinski definition) is 2. The average molecular weight is 462 g/mol. The Kier molecular flexibility index (Phi) is 3.96. The van der Waals surface area contributed by atoms with Gasteiger partial charge in [-0.2, -0.15) is 0 Å². The summed E-state index contributed by atoms with van der Waals surface area (Å²) >= 11 is 10.4. The molecule has 136 valence electrons. The number of nitrogens with zero attached hydrogens (tertiary/aromatic N) is 1. The SMILES string of the molecule is O=C1N[C@H](c2cc3c(cc2Br)OCO3)Nc2c1sc(=S)n2-c1ccccc1. The Bertz CT molecular complexity index is 1130. The average Bonchev–Trinajstić information content (AvgIpc) is 3.25. The van der Waals surface area contributed by atoms with Crippen LogP contribution in [0.4, 0.5) is 5.82 Å². The van der Waals surface area contributed by atoms with Crippen LogP contribution in [0.25, 0.3) is 5.69 Å². The number of amides is 1. The first kappa shape index (κ1) is 16.8. The third-order valence-corrected chi connectivity index (χ3v) is 6.45. The number of hydrogen-bond acceptors (Lipinski definition) is 6. The van der Waals surface area contributed by atoms with Crippen LogP contribution in [0.3, 0.4) is 0 Å². The van der Waals surface area contributed by atoms with Crippen molar-refractivity contribution in [3.8, 4) is 17.2 Å². The summed E-state index contributed by atoms with van der Waals surface area (Å²) in [5, 5.41) is 6.40. The molecule has 9 heteroatoms. The van der Waals surface area contributed by atoms with Gasteiger partial charge in [0.15, 0.2) is 15.5 Å². The molecular weight excluding hydrogens is 450 g/mol. The molecule has 0 unspecified atom stereocenters. The standard InChI is InChI=1S/C18H12BrN3O3S2/c19-11-7-13-12(24-8-25-13)6-10(11)15-20-16-14(17(23)21-15)27-18(26)22(16)9-4-2-1-3-5-9/h1-7,15,20H,8H2,(H,21,23)/t15-/m1/s1. The number of thiazole rings is 1. The van der Waals surface area contributed by atoms with Crippen molar-refractivity contribution in [1.29, 1.82) is 0 Å². The number of fused-ring (bicyclic) bond motifs is 2. The fourth-order valence-corrected chi connectivity index (χ4v) is 5.01. The van der Waals surface area contributed by atoms with Crippen LogP contribution in [0.1, 0.15) is 21.4 Å². The lowest BCUT2D eigenvalue weighted by atomic mass is 10.1. The summed E-state index contributed by atoms with van der Waals surface area (Å²) in [6.45, 7) is 0.192. The smallest absolute Gasteiger partial charge is 0.267 e. The molecule has 0 bridgehead atoms. The van der Waals surface area contributed by atoms with E-state index in [2.05, 4.69) is 26.6 Å². The minimum absolute atomic E-state index is 0.163. The topological polar surface area (TPSA) is 64.5 Å². The van der Waals surface area contributed by atoms with Crippen LogP contribution in [0, 0.1) is 3.95 Å². The molecule has 0 radical (unpaired) electrons. The summed E-state index contributed by atoms with van der Waals surface area (Å²) in [4.78, 5) is 13.3. The van der Waals surface area contributed by atoms with Crippen LogP contribution in [0.15, 0.2) is 46.9 Å². The van der Waals surface area contributed by atoms with E-state index in [1.807, 2.05) is 47.0 Å². The summed E-state index contributed by atoms with van der Waals surface area (Å²) in [5.74, 6) is 1.86. The van der Waals surface area contributed by atoms with Gasteiger partial charge in [-0.1, -0.05) is 45.5 Å². The molecule has 27 heavy (non-hydrogen) atoms. The highest BCUT2D eigenvalue weighted by atomic mass is 79.9. The van der Waals surface area contributed by atoms with Crippen molar-refractivity contribution in [3.63, 3.8) is 0 Å². The quantitative estimate of drug-likeness (QED) is 0.545. The maximum Gasteiger partial charge on any atom is 0.267 e. The van der Waals surface area contributed by atoms with Gasteiger partial charge in [-0.25, -0.2) is 0 Å². The minimum atomic E-state index is -0.437. The first-order chi connectivity index (χ1) is 13.1. The fraction of sp³-hybridized carbons (Fsp3) is 0.111. The van der Waals surface area contributed by atoms with E-state index < -0.39 is 6.17 Å². The highest BCUT2D eigenvalue weighted by Crippen LogP contribution is 2.41. The Labute approximate surface area is 171 Å². The van der Waals surface area contributed by atoms with Crippen molar-refractivity contribution in [3.05, 3.63) is 61.3 Å². The molecule has 6 nitrogen and oxygen atoms in total. The number of benzene rings is 2. The monoisotopic (exact) mass is 461 g/mol. The molecule has 0 saturated heterocycles. The first-order valence-electron chi connectivity index (χ1n) is 8.09. The predicted octanol–water partition coefficient (Wildman–Crippen LogP) is 4.61. The number of anilines is 1. The van der Waals surface area contributed by atoms with Gasteiger partial charge >= 0.3 is 0 Å². The maximum atomic E-state index is 12.7. The van der Waals surface area contributed by atoms with Gasteiger partial charge in [0, 0.05) is 15.7 Å². The van der Waals surface area contributed by atoms with Gasteiger partial charge < -0.3 is 20.1 Å². The van der Waals surface area contributed by atoms with Crippen molar-refractivity contribution in [1.82, 2.24) is 9.88 Å². The summed E-state index contributed by atoms with van der Waals surface area (Å²) in [6.07, 6.45) is -0.437. The van der Waals surface area contributed by atoms with Crippen LogP contribution < -0.4 is 20.1 Å². The van der Waals surface area contributed by atoms with Crippen molar-refractivity contribution in [2.45, 2.75) is 6.17 Å². The second-order valence-corrected chi connectivity index (χ2v) is 8.49. The van der Waals surface area contributed by atoms with Gasteiger partial charge in [0.2, 0.25) is 6.79 Å². The van der Waals surface area contributed by atoms with Gasteiger partial charge in [-0.3, -0.25) is 9.36 Å². The lowest BCUT2D eigenvalue weighted by Gasteiger charge is -2.28. The molecule has 2 N–H and O–H groups in total. The van der Waals surface area contributed by atoms with Crippen molar-refractivity contribution in [2.24, 2.45) is 0 Å². The van der Waals surface area contributed by atoms with Crippen molar-refractivity contribution < 1.29 is 14.3 Å². The normalized spacial score (nSPS) is 17.2. The number of para-hydroxylation sites is 1. The molecule has 1 amide bonds. The number of aromatic nitrogens is 1. The summed E-state index contributed by atoms with van der Waals surface area (Å²) in [5.41, 5.74) is 1.75. The zero-order valence-corrected chi connectivity index (χ0v) is 16.9. The highest BCUT2D eigenvalue weighted by Gasteiger charge is 2.32. The Morgan fingerprint density at radius 1 is 1.15 bits per heavy atom. The van der Waals surface area contributed by atoms with Crippen LogP contribution in [0.5, 0.6) is 11.5 Å². The van der Waals surface area contributed by atoms with Crippen molar-refractivity contribution >= 4 is 51.2 Å². The Balaban J connectivity index is 1.61. The molecule has 3 aromatic rings. The van der Waals surface area contributed by atoms with E-state index in [4.69, 9.17) is 21.7 Å². The van der Waals surface area contributed by atoms with Gasteiger partial charge in [0.1, 0.15) is 16.9 Å². The molecule has 2 aliphatic heterocycles. The fourth-order valence-electron chi connectivity index (χ4n) is 3.15. The lowest BCUT2D eigenvalue weighted by Crippen LogP contribution is -2.38. The first-order valence-corrected chi connectivity index (χ1v) is 10.1. The summed E-state index contributed by atoms with van der Waals surface area (Å²) < 4.78 is 14.2. The van der Waals surface area contributed by atoms with Gasteiger partial charge in [0.05, 0.1) is 0 Å². The van der Waals surface area contributed by atoms with E-state index in [9.17, 15) is 4.79 Å². The molecule has 0 aliphatic carbocycles.